The SMILES string of the molecule is Cc1cc(C)cc(-c2nc3cc(NC(=S)NC(=O)c4ccc(C)c(C)c4)ccc3o2)c1. The van der Waals surface area contributed by atoms with Gasteiger partial charge in [-0.15, -0.1) is 0 Å². The Morgan fingerprint density at radius 3 is 2.35 bits per heavy atom. The maximum absolute atomic E-state index is 12.5. The third-order valence-electron chi connectivity index (χ3n) is 5.11. The number of hydrogen-bond donors (Lipinski definition) is 2. The minimum atomic E-state index is -0.250. The third kappa shape index (κ3) is 4.64. The van der Waals surface area contributed by atoms with Crippen molar-refractivity contribution in [2.24, 2.45) is 0 Å². The van der Waals surface area contributed by atoms with Gasteiger partial charge in [0, 0.05) is 16.8 Å². The van der Waals surface area contributed by atoms with Crippen LogP contribution in [0.15, 0.2) is 59.0 Å². The van der Waals surface area contributed by atoms with Crippen LogP contribution in [0.4, 0.5) is 5.69 Å². The van der Waals surface area contributed by atoms with Gasteiger partial charge < -0.3 is 9.73 Å². The van der Waals surface area contributed by atoms with E-state index in [1.54, 1.807) is 6.07 Å². The number of rotatable bonds is 3. The molecule has 0 aliphatic heterocycles. The van der Waals surface area contributed by atoms with Gasteiger partial charge in [0.2, 0.25) is 5.89 Å². The molecule has 0 unspecified atom stereocenters. The molecule has 6 heteroatoms. The highest BCUT2D eigenvalue weighted by Crippen LogP contribution is 2.27. The van der Waals surface area contributed by atoms with E-state index in [4.69, 9.17) is 16.6 Å². The number of thiocarbonyl (C=S) groups is 1. The fraction of sp³-hybridized carbons (Fsp3) is 0.160. The second-order valence-electron chi connectivity index (χ2n) is 7.79. The van der Waals surface area contributed by atoms with Crippen LogP contribution < -0.4 is 10.6 Å². The Hall–Kier alpha value is -3.51. The molecular formula is C25H23N3O2S. The van der Waals surface area contributed by atoms with E-state index in [0.29, 0.717) is 22.6 Å². The van der Waals surface area contributed by atoms with E-state index in [9.17, 15) is 4.79 Å². The van der Waals surface area contributed by atoms with E-state index in [1.165, 1.54) is 0 Å². The standard InChI is InChI=1S/C25H23N3O2S/c1-14-9-15(2)11-19(10-14)24-27-21-13-20(7-8-22(21)30-24)26-25(31)28-23(29)18-6-5-16(3)17(4)12-18/h5-13H,1-4H3,(H2,26,28,29,31). The van der Waals surface area contributed by atoms with E-state index in [1.807, 2.05) is 70.2 Å². The molecule has 0 aliphatic rings. The summed E-state index contributed by atoms with van der Waals surface area (Å²) in [6.45, 7) is 8.08. The van der Waals surface area contributed by atoms with Crippen LogP contribution in [0.25, 0.3) is 22.6 Å². The molecule has 4 rings (SSSR count). The first-order chi connectivity index (χ1) is 14.8. The number of hydrogen-bond acceptors (Lipinski definition) is 4. The lowest BCUT2D eigenvalue weighted by Crippen LogP contribution is -2.34. The van der Waals surface area contributed by atoms with Crippen LogP contribution in [-0.4, -0.2) is 16.0 Å². The van der Waals surface area contributed by atoms with Gasteiger partial charge in [0.1, 0.15) is 5.52 Å². The second kappa shape index (κ2) is 8.32. The summed E-state index contributed by atoms with van der Waals surface area (Å²) >= 11 is 5.32. The Morgan fingerprint density at radius 2 is 1.65 bits per heavy atom. The molecule has 0 saturated carbocycles. The molecule has 0 bridgehead atoms. The minimum Gasteiger partial charge on any atom is -0.436 e. The van der Waals surface area contributed by atoms with Crippen molar-refractivity contribution in [3.8, 4) is 11.5 Å². The number of nitrogens with zero attached hydrogens (tertiary/aromatic N) is 1. The van der Waals surface area contributed by atoms with Gasteiger partial charge in [0.25, 0.3) is 5.91 Å². The lowest BCUT2D eigenvalue weighted by molar-refractivity contribution is 0.0977. The molecule has 0 radical (unpaired) electrons. The molecule has 0 saturated heterocycles. The maximum Gasteiger partial charge on any atom is 0.257 e. The second-order valence-corrected chi connectivity index (χ2v) is 8.19. The molecule has 31 heavy (non-hydrogen) atoms. The molecule has 1 heterocycles. The number of carbonyl (C=O) groups excluding carboxylic acids is 1. The van der Waals surface area contributed by atoms with Gasteiger partial charge in [-0.3, -0.25) is 10.1 Å². The molecule has 3 aromatic carbocycles. The largest absolute Gasteiger partial charge is 0.436 e. The van der Waals surface area contributed by atoms with Crippen LogP contribution in [0.3, 0.4) is 0 Å². The summed E-state index contributed by atoms with van der Waals surface area (Å²) in [5.74, 6) is 0.324. The number of carbonyl (C=O) groups is 1. The zero-order valence-corrected chi connectivity index (χ0v) is 18.7. The van der Waals surface area contributed by atoms with E-state index in [-0.39, 0.29) is 11.0 Å². The van der Waals surface area contributed by atoms with Crippen molar-refractivity contribution >= 4 is 40.0 Å². The number of benzene rings is 3. The summed E-state index contributed by atoms with van der Waals surface area (Å²) < 4.78 is 5.93. The average molecular weight is 430 g/mol. The Bertz CT molecular complexity index is 1300. The molecule has 156 valence electrons. The number of nitrogens with one attached hydrogen (secondary N) is 2. The molecule has 1 aromatic heterocycles. The summed E-state index contributed by atoms with van der Waals surface area (Å²) in [5, 5.41) is 5.99. The summed E-state index contributed by atoms with van der Waals surface area (Å²) in [7, 11) is 0. The Balaban J connectivity index is 1.50. The fourth-order valence-electron chi connectivity index (χ4n) is 3.45. The highest BCUT2D eigenvalue weighted by molar-refractivity contribution is 7.80. The lowest BCUT2D eigenvalue weighted by atomic mass is 10.1. The summed E-state index contributed by atoms with van der Waals surface area (Å²) in [4.78, 5) is 17.1. The number of anilines is 1. The molecule has 0 spiro atoms. The highest BCUT2D eigenvalue weighted by atomic mass is 32.1. The molecule has 0 aliphatic carbocycles. The molecule has 0 fully saturated rings. The topological polar surface area (TPSA) is 67.2 Å². The summed E-state index contributed by atoms with van der Waals surface area (Å²) in [6.07, 6.45) is 0. The zero-order chi connectivity index (χ0) is 22.1. The van der Waals surface area contributed by atoms with Crippen molar-refractivity contribution in [1.29, 1.82) is 0 Å². The van der Waals surface area contributed by atoms with Crippen molar-refractivity contribution in [3.05, 3.63) is 82.4 Å². The molecule has 5 nitrogen and oxygen atoms in total. The van der Waals surface area contributed by atoms with Crippen molar-refractivity contribution in [2.45, 2.75) is 27.7 Å². The van der Waals surface area contributed by atoms with E-state index in [0.717, 1.165) is 33.5 Å². The lowest BCUT2D eigenvalue weighted by Gasteiger charge is -2.10. The van der Waals surface area contributed by atoms with Crippen LogP contribution in [0.2, 0.25) is 0 Å². The van der Waals surface area contributed by atoms with Crippen molar-refractivity contribution in [1.82, 2.24) is 10.3 Å². The molecule has 1 amide bonds. The van der Waals surface area contributed by atoms with Gasteiger partial charge in [-0.1, -0.05) is 23.3 Å². The van der Waals surface area contributed by atoms with Gasteiger partial charge >= 0.3 is 0 Å². The fourth-order valence-corrected chi connectivity index (χ4v) is 3.66. The Labute approximate surface area is 186 Å². The minimum absolute atomic E-state index is 0.223. The van der Waals surface area contributed by atoms with E-state index >= 15 is 0 Å². The van der Waals surface area contributed by atoms with Crippen molar-refractivity contribution in [2.75, 3.05) is 5.32 Å². The van der Waals surface area contributed by atoms with E-state index < -0.39 is 0 Å². The number of oxazole rings is 1. The first kappa shape index (κ1) is 20.8. The molecule has 0 atom stereocenters. The monoisotopic (exact) mass is 429 g/mol. The predicted molar refractivity (Wildman–Crippen MR) is 129 cm³/mol. The normalized spacial score (nSPS) is 10.8. The zero-order valence-electron chi connectivity index (χ0n) is 17.9. The molecular weight excluding hydrogens is 406 g/mol. The van der Waals surface area contributed by atoms with Crippen LogP contribution in [-0.2, 0) is 0 Å². The predicted octanol–water partition coefficient (Wildman–Crippen LogP) is 5.86. The van der Waals surface area contributed by atoms with Crippen LogP contribution in [0.5, 0.6) is 0 Å². The van der Waals surface area contributed by atoms with Crippen LogP contribution in [0, 0.1) is 27.7 Å². The Kier molecular flexibility index (Phi) is 5.57. The molecule has 4 aromatic rings. The maximum atomic E-state index is 12.5. The van der Waals surface area contributed by atoms with Gasteiger partial charge in [0.15, 0.2) is 10.7 Å². The van der Waals surface area contributed by atoms with Gasteiger partial charge in [-0.2, -0.15) is 0 Å². The summed E-state index contributed by atoms with van der Waals surface area (Å²) in [6, 6.07) is 17.3. The first-order valence-corrected chi connectivity index (χ1v) is 10.4. The number of aromatic nitrogens is 1. The first-order valence-electron chi connectivity index (χ1n) is 9.97. The average Bonchev–Trinajstić information content (AvgIpc) is 3.12. The van der Waals surface area contributed by atoms with Crippen molar-refractivity contribution in [3.63, 3.8) is 0 Å². The van der Waals surface area contributed by atoms with Crippen LogP contribution >= 0.6 is 12.2 Å². The van der Waals surface area contributed by atoms with Crippen LogP contribution in [0.1, 0.15) is 32.6 Å². The smallest absolute Gasteiger partial charge is 0.257 e. The summed E-state index contributed by atoms with van der Waals surface area (Å²) in [5.41, 5.74) is 8.14. The van der Waals surface area contributed by atoms with E-state index in [2.05, 4.69) is 21.7 Å². The Morgan fingerprint density at radius 1 is 0.903 bits per heavy atom. The number of aryl methyl sites for hydroxylation is 4. The van der Waals surface area contributed by atoms with Gasteiger partial charge in [-0.25, -0.2) is 4.98 Å². The molecule has 2 N–H and O–H groups in total. The third-order valence-corrected chi connectivity index (χ3v) is 5.31. The van der Waals surface area contributed by atoms with Crippen molar-refractivity contribution < 1.29 is 9.21 Å². The highest BCUT2D eigenvalue weighted by Gasteiger charge is 2.12. The number of fused-ring (bicyclic) bond motifs is 1. The van der Waals surface area contributed by atoms with Gasteiger partial charge in [-0.05, 0) is 93.5 Å². The quantitative estimate of drug-likeness (QED) is 0.400. The van der Waals surface area contributed by atoms with Gasteiger partial charge in [0.05, 0.1) is 0 Å². The number of amides is 1.